The Hall–Kier alpha value is -2.06. The third-order valence-electron chi connectivity index (χ3n) is 3.69. The number of nitriles is 1. The van der Waals surface area contributed by atoms with Crippen molar-refractivity contribution in [3.05, 3.63) is 50.9 Å². The molecule has 0 radical (unpaired) electrons. The van der Waals surface area contributed by atoms with Crippen LogP contribution in [0.2, 0.25) is 0 Å². The van der Waals surface area contributed by atoms with Crippen molar-refractivity contribution in [3.63, 3.8) is 0 Å². The second-order valence-electron chi connectivity index (χ2n) is 5.75. The van der Waals surface area contributed by atoms with Crippen molar-refractivity contribution >= 4 is 15.9 Å². The first-order chi connectivity index (χ1) is 11.0. The number of hydrogen-bond donors (Lipinski definition) is 0. The highest BCUT2D eigenvalue weighted by atomic mass is 79.9. The molecule has 0 saturated heterocycles. The predicted molar refractivity (Wildman–Crippen MR) is 94.6 cm³/mol. The van der Waals surface area contributed by atoms with E-state index in [0.717, 1.165) is 16.5 Å². The van der Waals surface area contributed by atoms with Crippen molar-refractivity contribution in [2.75, 3.05) is 7.11 Å². The number of rotatable bonds is 5. The summed E-state index contributed by atoms with van der Waals surface area (Å²) in [5.41, 5.74) is 1.34. The normalized spacial score (nSPS) is 10.6. The highest BCUT2D eigenvalue weighted by Crippen LogP contribution is 2.31. The van der Waals surface area contributed by atoms with Crippen LogP contribution in [0.15, 0.2) is 39.7 Å². The molecule has 0 aliphatic rings. The molecule has 1 aromatic heterocycles. The van der Waals surface area contributed by atoms with E-state index in [-0.39, 0.29) is 11.1 Å². The van der Waals surface area contributed by atoms with Crippen LogP contribution in [0.25, 0.3) is 11.1 Å². The molecule has 23 heavy (non-hydrogen) atoms. The van der Waals surface area contributed by atoms with Gasteiger partial charge in [0.25, 0.3) is 5.56 Å². The van der Waals surface area contributed by atoms with E-state index in [2.05, 4.69) is 35.8 Å². The number of nitrogens with zero attached hydrogens (tertiary/aromatic N) is 2. The lowest BCUT2D eigenvalue weighted by Gasteiger charge is -2.12. The summed E-state index contributed by atoms with van der Waals surface area (Å²) in [7, 11) is 1.58. The number of aromatic nitrogens is 1. The van der Waals surface area contributed by atoms with E-state index in [1.807, 2.05) is 24.3 Å². The topological polar surface area (TPSA) is 55.0 Å². The monoisotopic (exact) mass is 374 g/mol. The van der Waals surface area contributed by atoms with E-state index < -0.39 is 0 Å². The van der Waals surface area contributed by atoms with Crippen LogP contribution in [0.4, 0.5) is 0 Å². The summed E-state index contributed by atoms with van der Waals surface area (Å²) in [4.78, 5) is 12.5. The molecule has 0 unspecified atom stereocenters. The molecule has 0 atom stereocenters. The van der Waals surface area contributed by atoms with Gasteiger partial charge in [-0.2, -0.15) is 5.26 Å². The van der Waals surface area contributed by atoms with Gasteiger partial charge >= 0.3 is 0 Å². The second kappa shape index (κ2) is 7.47. The first kappa shape index (κ1) is 17.3. The van der Waals surface area contributed by atoms with Gasteiger partial charge < -0.3 is 9.30 Å². The number of methoxy groups -OCH3 is 1. The predicted octanol–water partition coefficient (Wildman–Crippen LogP) is 4.20. The fraction of sp³-hybridized carbons (Fsp3) is 0.333. The number of hydrogen-bond acceptors (Lipinski definition) is 3. The van der Waals surface area contributed by atoms with Crippen LogP contribution in [0.3, 0.4) is 0 Å². The Bertz CT molecular complexity index is 804. The molecule has 0 spiro atoms. The van der Waals surface area contributed by atoms with Crippen molar-refractivity contribution in [1.82, 2.24) is 4.57 Å². The zero-order chi connectivity index (χ0) is 17.0. The molecule has 5 heteroatoms. The zero-order valence-corrected chi connectivity index (χ0v) is 15.1. The number of aryl methyl sites for hydroxylation is 1. The number of benzene rings is 1. The fourth-order valence-electron chi connectivity index (χ4n) is 2.32. The molecule has 0 aliphatic heterocycles. The quantitative estimate of drug-likeness (QED) is 0.787. The van der Waals surface area contributed by atoms with Crippen molar-refractivity contribution in [3.8, 4) is 22.9 Å². The molecule has 0 saturated carbocycles. The molecule has 0 aliphatic carbocycles. The van der Waals surface area contributed by atoms with Crippen LogP contribution >= 0.6 is 15.9 Å². The maximum atomic E-state index is 12.5. The van der Waals surface area contributed by atoms with Gasteiger partial charge in [-0.25, -0.2) is 0 Å². The lowest BCUT2D eigenvalue weighted by Crippen LogP contribution is -2.23. The van der Waals surface area contributed by atoms with E-state index in [1.54, 1.807) is 17.9 Å². The van der Waals surface area contributed by atoms with Crippen LogP contribution in [-0.2, 0) is 6.54 Å². The maximum absolute atomic E-state index is 12.5. The largest absolute Gasteiger partial charge is 0.496 e. The molecule has 2 aromatic rings. The fourth-order valence-corrected chi connectivity index (χ4v) is 2.73. The maximum Gasteiger partial charge on any atom is 0.269 e. The number of ether oxygens (including phenoxy) is 1. The van der Waals surface area contributed by atoms with E-state index in [4.69, 9.17) is 4.74 Å². The lowest BCUT2D eigenvalue weighted by atomic mass is 10.0. The summed E-state index contributed by atoms with van der Waals surface area (Å²) >= 11 is 3.40. The standard InChI is InChI=1S/C18H19BrN2O2/c1-12(2)6-8-21-9-7-14(15(11-20)18(21)22)13-4-5-16(19)17(10-13)23-3/h4-5,7,9-10,12H,6,8H2,1-3H3. The molecule has 0 bridgehead atoms. The van der Waals surface area contributed by atoms with Gasteiger partial charge in [-0.15, -0.1) is 0 Å². The van der Waals surface area contributed by atoms with Crippen LogP contribution in [0.1, 0.15) is 25.8 Å². The molecule has 120 valence electrons. The molecule has 0 amide bonds. The lowest BCUT2D eigenvalue weighted by molar-refractivity contribution is 0.412. The Morgan fingerprint density at radius 3 is 2.70 bits per heavy atom. The third-order valence-corrected chi connectivity index (χ3v) is 4.34. The number of pyridine rings is 1. The first-order valence-corrected chi connectivity index (χ1v) is 8.24. The van der Waals surface area contributed by atoms with E-state index >= 15 is 0 Å². The van der Waals surface area contributed by atoms with Crippen LogP contribution < -0.4 is 10.3 Å². The zero-order valence-electron chi connectivity index (χ0n) is 13.5. The molecular weight excluding hydrogens is 356 g/mol. The van der Waals surface area contributed by atoms with Crippen molar-refractivity contribution in [2.24, 2.45) is 5.92 Å². The highest BCUT2D eigenvalue weighted by molar-refractivity contribution is 9.10. The van der Waals surface area contributed by atoms with Crippen molar-refractivity contribution in [2.45, 2.75) is 26.8 Å². The highest BCUT2D eigenvalue weighted by Gasteiger charge is 2.13. The van der Waals surface area contributed by atoms with Gasteiger partial charge in [0.05, 0.1) is 11.6 Å². The molecule has 0 fully saturated rings. The minimum atomic E-state index is -0.243. The molecule has 4 nitrogen and oxygen atoms in total. The molecular formula is C18H19BrN2O2. The van der Waals surface area contributed by atoms with Crippen molar-refractivity contribution in [1.29, 1.82) is 5.26 Å². The van der Waals surface area contributed by atoms with Gasteiger partial charge in [0.15, 0.2) is 0 Å². The Kier molecular flexibility index (Phi) is 5.62. The van der Waals surface area contributed by atoms with Crippen LogP contribution in [0, 0.1) is 17.2 Å². The third kappa shape index (κ3) is 3.83. The summed E-state index contributed by atoms with van der Waals surface area (Å²) < 4.78 is 7.72. The number of halogens is 1. The molecule has 2 rings (SSSR count). The Labute approximate surface area is 144 Å². The van der Waals surface area contributed by atoms with Gasteiger partial charge in [0.1, 0.15) is 17.4 Å². The van der Waals surface area contributed by atoms with Gasteiger partial charge in [0.2, 0.25) is 0 Å². The molecule has 1 heterocycles. The van der Waals surface area contributed by atoms with Crippen molar-refractivity contribution < 1.29 is 4.74 Å². The molecule has 0 N–H and O–H groups in total. The Morgan fingerprint density at radius 2 is 2.09 bits per heavy atom. The summed E-state index contributed by atoms with van der Waals surface area (Å²) in [5.74, 6) is 1.17. The smallest absolute Gasteiger partial charge is 0.269 e. The Morgan fingerprint density at radius 1 is 1.35 bits per heavy atom. The summed E-state index contributed by atoms with van der Waals surface area (Å²) in [6.07, 6.45) is 2.66. The van der Waals surface area contributed by atoms with E-state index in [0.29, 0.717) is 23.8 Å². The van der Waals surface area contributed by atoms with Crippen LogP contribution in [0.5, 0.6) is 5.75 Å². The minimum absolute atomic E-state index is 0.167. The van der Waals surface area contributed by atoms with Gasteiger partial charge in [-0.3, -0.25) is 4.79 Å². The SMILES string of the molecule is COc1cc(-c2ccn(CCC(C)C)c(=O)c2C#N)ccc1Br. The van der Waals surface area contributed by atoms with Gasteiger partial charge in [0, 0.05) is 18.3 Å². The minimum Gasteiger partial charge on any atom is -0.496 e. The van der Waals surface area contributed by atoms with Gasteiger partial charge in [-0.05, 0) is 52.0 Å². The summed E-state index contributed by atoms with van der Waals surface area (Å²) in [5, 5.41) is 9.44. The average molecular weight is 375 g/mol. The Balaban J connectivity index is 2.50. The molecule has 1 aromatic carbocycles. The van der Waals surface area contributed by atoms with E-state index in [9.17, 15) is 10.1 Å². The average Bonchev–Trinajstić information content (AvgIpc) is 2.53. The van der Waals surface area contributed by atoms with E-state index in [1.165, 1.54) is 0 Å². The second-order valence-corrected chi connectivity index (χ2v) is 6.60. The summed E-state index contributed by atoms with van der Waals surface area (Å²) in [6, 6.07) is 9.41. The summed E-state index contributed by atoms with van der Waals surface area (Å²) in [6.45, 7) is 4.84. The first-order valence-electron chi connectivity index (χ1n) is 7.45. The van der Waals surface area contributed by atoms with Crippen LogP contribution in [-0.4, -0.2) is 11.7 Å². The van der Waals surface area contributed by atoms with Gasteiger partial charge in [-0.1, -0.05) is 19.9 Å².